The zero-order valence-electron chi connectivity index (χ0n) is 13.3. The topological polar surface area (TPSA) is 63.2 Å². The lowest BCUT2D eigenvalue weighted by Gasteiger charge is -2.27. The van der Waals surface area contributed by atoms with Gasteiger partial charge in [0.25, 0.3) is 0 Å². The summed E-state index contributed by atoms with van der Waals surface area (Å²) in [4.78, 5) is 11.2. The third-order valence-corrected chi connectivity index (χ3v) is 5.11. The van der Waals surface area contributed by atoms with Gasteiger partial charge in [-0.3, -0.25) is 4.79 Å². The highest BCUT2D eigenvalue weighted by Gasteiger charge is 2.56. The van der Waals surface area contributed by atoms with Crippen LogP contribution in [0.15, 0.2) is 0 Å². The average molecular weight is 446 g/mol. The number of methoxy groups -OCH3 is 1. The summed E-state index contributed by atoms with van der Waals surface area (Å²) in [6, 6.07) is 0. The van der Waals surface area contributed by atoms with Crippen molar-refractivity contribution < 1.29 is 28.5 Å². The minimum Gasteiger partial charge on any atom is -0.468 e. The Hall–Kier alpha value is 0.270. The molecule has 0 aromatic rings. The summed E-state index contributed by atoms with van der Waals surface area (Å²) in [7, 11) is 1.34. The van der Waals surface area contributed by atoms with E-state index in [1.165, 1.54) is 7.11 Å². The molecule has 0 aliphatic carbocycles. The largest absolute Gasteiger partial charge is 0.468 e. The minimum absolute atomic E-state index is 0.197. The van der Waals surface area contributed by atoms with Crippen LogP contribution in [-0.4, -0.2) is 59.2 Å². The van der Waals surface area contributed by atoms with Crippen molar-refractivity contribution in [2.24, 2.45) is 0 Å². The van der Waals surface area contributed by atoms with E-state index < -0.39 is 34.6 Å². The van der Waals surface area contributed by atoms with Crippen LogP contribution >= 0.6 is 31.9 Å². The molecule has 0 spiro atoms. The molecule has 2 saturated heterocycles. The fraction of sp³-hybridized carbons (Fsp3) is 0.929. The maximum absolute atomic E-state index is 11.9. The molecule has 0 radical (unpaired) electrons. The molecule has 2 rings (SSSR count). The number of carbonyl (C=O) groups excluding carboxylic acids is 1. The molecule has 0 aromatic carbocycles. The van der Waals surface area contributed by atoms with Crippen LogP contribution in [0.25, 0.3) is 0 Å². The number of hydrogen-bond donors (Lipinski definition) is 0. The standard InChI is InChI=1S/C14H22Br2O6/c1-13(2)19-7(6-15)9(20-13)11-10(8(16)12(17)18-5)21-14(3,4)22-11/h7-11H,6H2,1-5H3/t7-,8+,9-,10+,11+/m1/s1. The molecule has 2 aliphatic heterocycles. The number of esters is 1. The number of ether oxygens (including phenoxy) is 5. The molecule has 0 amide bonds. The van der Waals surface area contributed by atoms with Gasteiger partial charge in [0.05, 0.1) is 13.2 Å². The van der Waals surface area contributed by atoms with E-state index in [4.69, 9.17) is 23.7 Å². The summed E-state index contributed by atoms with van der Waals surface area (Å²) in [5, 5.41) is 0.597. The van der Waals surface area contributed by atoms with Crippen LogP contribution in [0, 0.1) is 0 Å². The monoisotopic (exact) mass is 444 g/mol. The molecule has 8 heteroatoms. The fourth-order valence-electron chi connectivity index (χ4n) is 2.81. The summed E-state index contributed by atoms with van der Waals surface area (Å²) < 4.78 is 28.6. The van der Waals surface area contributed by atoms with Gasteiger partial charge < -0.3 is 23.7 Å². The Morgan fingerprint density at radius 1 is 1.09 bits per heavy atom. The number of halogens is 2. The highest BCUT2D eigenvalue weighted by atomic mass is 79.9. The highest BCUT2D eigenvalue weighted by molar-refractivity contribution is 9.10. The van der Waals surface area contributed by atoms with Crippen molar-refractivity contribution in [1.82, 2.24) is 0 Å². The lowest BCUT2D eigenvalue weighted by atomic mass is 10.0. The highest BCUT2D eigenvalue weighted by Crippen LogP contribution is 2.41. The van der Waals surface area contributed by atoms with Gasteiger partial charge in [0, 0.05) is 5.33 Å². The zero-order valence-corrected chi connectivity index (χ0v) is 16.5. The molecule has 0 bridgehead atoms. The normalized spacial score (nSPS) is 38.0. The molecule has 128 valence electrons. The first-order valence-corrected chi connectivity index (χ1v) is 9.13. The van der Waals surface area contributed by atoms with E-state index >= 15 is 0 Å². The van der Waals surface area contributed by atoms with Gasteiger partial charge in [-0.2, -0.15) is 0 Å². The van der Waals surface area contributed by atoms with Gasteiger partial charge in [0.1, 0.15) is 23.1 Å². The van der Waals surface area contributed by atoms with Crippen molar-refractivity contribution in [1.29, 1.82) is 0 Å². The molecule has 6 nitrogen and oxygen atoms in total. The first-order chi connectivity index (χ1) is 10.1. The smallest absolute Gasteiger partial charge is 0.322 e. The number of alkyl halides is 2. The second-order valence-corrected chi connectivity index (χ2v) is 7.92. The molecular weight excluding hydrogens is 424 g/mol. The Balaban J connectivity index is 2.24. The quantitative estimate of drug-likeness (QED) is 0.489. The van der Waals surface area contributed by atoms with Crippen molar-refractivity contribution in [2.75, 3.05) is 12.4 Å². The predicted octanol–water partition coefficient (Wildman–Crippen LogP) is 2.36. The Morgan fingerprint density at radius 3 is 2.18 bits per heavy atom. The van der Waals surface area contributed by atoms with Crippen molar-refractivity contribution in [3.63, 3.8) is 0 Å². The van der Waals surface area contributed by atoms with Gasteiger partial charge in [-0.05, 0) is 27.7 Å². The molecule has 2 heterocycles. The maximum Gasteiger partial charge on any atom is 0.322 e. The predicted molar refractivity (Wildman–Crippen MR) is 86.2 cm³/mol. The fourth-order valence-corrected chi connectivity index (χ4v) is 3.90. The van der Waals surface area contributed by atoms with Crippen LogP contribution in [0.5, 0.6) is 0 Å². The molecule has 5 atom stereocenters. The lowest BCUT2D eigenvalue weighted by molar-refractivity contribution is -0.175. The molecule has 2 aliphatic rings. The number of hydrogen-bond acceptors (Lipinski definition) is 6. The van der Waals surface area contributed by atoms with Crippen LogP contribution in [0.1, 0.15) is 27.7 Å². The molecule has 0 aromatic heterocycles. The Bertz CT molecular complexity index is 428. The SMILES string of the molecule is COC(=O)[C@@H](Br)[C@@H]1OC(C)(C)O[C@H]1[C@@H]1OC(C)(C)O[C@@H]1CBr. The summed E-state index contributed by atoms with van der Waals surface area (Å²) >= 11 is 6.79. The van der Waals surface area contributed by atoms with Crippen LogP contribution < -0.4 is 0 Å². The maximum atomic E-state index is 11.9. The second-order valence-electron chi connectivity index (χ2n) is 6.28. The summed E-state index contributed by atoms with van der Waals surface area (Å²) in [5.41, 5.74) is 0. The Kier molecular flexibility index (Phi) is 5.62. The van der Waals surface area contributed by atoms with Crippen molar-refractivity contribution in [3.8, 4) is 0 Å². The lowest BCUT2D eigenvalue weighted by Crippen LogP contribution is -2.47. The van der Waals surface area contributed by atoms with Gasteiger partial charge in [-0.15, -0.1) is 0 Å². The second kappa shape index (κ2) is 6.64. The van der Waals surface area contributed by atoms with Crippen LogP contribution in [0.2, 0.25) is 0 Å². The Morgan fingerprint density at radius 2 is 1.64 bits per heavy atom. The van der Waals surface area contributed by atoms with E-state index in [0.717, 1.165) is 0 Å². The third kappa shape index (κ3) is 3.84. The minimum atomic E-state index is -0.817. The molecule has 22 heavy (non-hydrogen) atoms. The van der Waals surface area contributed by atoms with Crippen molar-refractivity contribution >= 4 is 37.8 Å². The first kappa shape index (κ1) is 18.6. The van der Waals surface area contributed by atoms with Crippen LogP contribution in [0.3, 0.4) is 0 Å². The van der Waals surface area contributed by atoms with E-state index in [-0.39, 0.29) is 12.2 Å². The van der Waals surface area contributed by atoms with Gasteiger partial charge >= 0.3 is 5.97 Å². The number of carbonyl (C=O) groups is 1. The number of rotatable bonds is 4. The molecular formula is C14H22Br2O6. The van der Waals surface area contributed by atoms with E-state index in [0.29, 0.717) is 5.33 Å². The van der Waals surface area contributed by atoms with E-state index in [1.807, 2.05) is 13.8 Å². The van der Waals surface area contributed by atoms with E-state index in [1.54, 1.807) is 13.8 Å². The summed E-state index contributed by atoms with van der Waals surface area (Å²) in [6.45, 7) is 7.32. The zero-order chi connectivity index (χ0) is 16.7. The van der Waals surface area contributed by atoms with E-state index in [2.05, 4.69) is 31.9 Å². The molecule has 0 N–H and O–H groups in total. The van der Waals surface area contributed by atoms with Crippen LogP contribution in [0.4, 0.5) is 0 Å². The first-order valence-electron chi connectivity index (χ1n) is 7.09. The van der Waals surface area contributed by atoms with Gasteiger partial charge in [0.2, 0.25) is 0 Å². The van der Waals surface area contributed by atoms with Gasteiger partial charge in [0.15, 0.2) is 11.6 Å². The molecule has 0 unspecified atom stereocenters. The molecule has 0 saturated carbocycles. The van der Waals surface area contributed by atoms with Crippen molar-refractivity contribution in [3.05, 3.63) is 0 Å². The van der Waals surface area contributed by atoms with Gasteiger partial charge in [-0.1, -0.05) is 31.9 Å². The summed E-state index contributed by atoms with van der Waals surface area (Å²) in [5.74, 6) is -1.94. The van der Waals surface area contributed by atoms with E-state index in [9.17, 15) is 4.79 Å². The van der Waals surface area contributed by atoms with Gasteiger partial charge in [-0.25, -0.2) is 0 Å². The van der Waals surface area contributed by atoms with Crippen molar-refractivity contribution in [2.45, 2.75) is 68.5 Å². The van der Waals surface area contributed by atoms with Crippen LogP contribution in [-0.2, 0) is 28.5 Å². The third-order valence-electron chi connectivity index (χ3n) is 3.58. The molecule has 2 fully saturated rings. The average Bonchev–Trinajstić information content (AvgIpc) is 2.92. The summed E-state index contributed by atoms with van der Waals surface area (Å²) in [6.07, 6.45) is -1.54. The Labute approximate surface area is 147 Å².